The molecule has 1 fully saturated rings. The second-order valence-electron chi connectivity index (χ2n) is 4.45. The van der Waals surface area contributed by atoms with Crippen molar-refractivity contribution in [2.75, 3.05) is 11.4 Å². The third-order valence-corrected chi connectivity index (χ3v) is 3.36. The number of hydrogen-bond acceptors (Lipinski definition) is 4. The first-order valence-electron chi connectivity index (χ1n) is 6.15. The van der Waals surface area contributed by atoms with E-state index in [1.807, 2.05) is 0 Å². The first kappa shape index (κ1) is 13.1. The quantitative estimate of drug-likeness (QED) is 0.893. The summed E-state index contributed by atoms with van der Waals surface area (Å²) in [6.07, 6.45) is 7.78. The van der Waals surface area contributed by atoms with Crippen LogP contribution in [0.4, 0.5) is 5.82 Å². The fraction of sp³-hybridized carbons (Fsp3) is 0.583. The minimum Gasteiger partial charge on any atom is -0.480 e. The van der Waals surface area contributed by atoms with Crippen molar-refractivity contribution < 1.29 is 9.90 Å². The normalized spacial score (nSPS) is 21.2. The second-order valence-corrected chi connectivity index (χ2v) is 4.84. The molecule has 0 radical (unpaired) electrons. The van der Waals surface area contributed by atoms with Gasteiger partial charge in [0.2, 0.25) is 0 Å². The summed E-state index contributed by atoms with van der Waals surface area (Å²) in [5, 5.41) is 9.62. The monoisotopic (exact) mass is 269 g/mol. The fourth-order valence-electron chi connectivity index (χ4n) is 2.29. The zero-order valence-corrected chi connectivity index (χ0v) is 10.8. The third kappa shape index (κ3) is 3.10. The summed E-state index contributed by atoms with van der Waals surface area (Å²) in [6.45, 7) is 0.686. The molecule has 1 aromatic rings. The summed E-state index contributed by atoms with van der Waals surface area (Å²) in [5.41, 5.74) is 0. The van der Waals surface area contributed by atoms with Crippen LogP contribution in [0.5, 0.6) is 0 Å². The third-order valence-electron chi connectivity index (χ3n) is 3.17. The molecule has 1 aliphatic heterocycles. The molecule has 18 heavy (non-hydrogen) atoms. The first-order valence-corrected chi connectivity index (χ1v) is 6.53. The molecule has 0 spiro atoms. The highest BCUT2D eigenvalue weighted by atomic mass is 35.5. The van der Waals surface area contributed by atoms with E-state index in [4.69, 9.17) is 11.6 Å². The Morgan fingerprint density at radius 3 is 2.83 bits per heavy atom. The summed E-state index contributed by atoms with van der Waals surface area (Å²) in [7, 11) is 0. The van der Waals surface area contributed by atoms with E-state index in [0.717, 1.165) is 25.7 Å². The lowest BCUT2D eigenvalue weighted by Crippen LogP contribution is -2.43. The van der Waals surface area contributed by atoms with Crippen LogP contribution in [-0.4, -0.2) is 33.6 Å². The standard InChI is InChI=1S/C12H16ClN3O2/c13-10-7-14-8-11(15-10)16-6-4-2-1-3-5-9(16)12(17)18/h7-9H,1-6H2,(H,17,18). The number of nitrogens with zero attached hydrogens (tertiary/aromatic N) is 3. The van der Waals surface area contributed by atoms with Gasteiger partial charge in [-0.05, 0) is 12.8 Å². The van der Waals surface area contributed by atoms with Crippen molar-refractivity contribution in [3.8, 4) is 0 Å². The number of carbonyl (C=O) groups is 1. The minimum atomic E-state index is -0.807. The number of rotatable bonds is 2. The Kier molecular flexibility index (Phi) is 4.36. The number of aromatic nitrogens is 2. The molecule has 0 bridgehead atoms. The van der Waals surface area contributed by atoms with Crippen molar-refractivity contribution in [3.05, 3.63) is 17.5 Å². The van der Waals surface area contributed by atoms with Crippen LogP contribution in [0.2, 0.25) is 5.15 Å². The van der Waals surface area contributed by atoms with Crippen molar-refractivity contribution in [2.24, 2.45) is 0 Å². The highest BCUT2D eigenvalue weighted by Crippen LogP contribution is 2.22. The van der Waals surface area contributed by atoms with Gasteiger partial charge < -0.3 is 10.0 Å². The highest BCUT2D eigenvalue weighted by Gasteiger charge is 2.27. The Morgan fingerprint density at radius 2 is 2.11 bits per heavy atom. The van der Waals surface area contributed by atoms with Crippen molar-refractivity contribution in [3.63, 3.8) is 0 Å². The van der Waals surface area contributed by atoms with Gasteiger partial charge >= 0.3 is 5.97 Å². The summed E-state index contributed by atoms with van der Waals surface area (Å²) in [5.74, 6) is -0.254. The van der Waals surface area contributed by atoms with Gasteiger partial charge in [0.1, 0.15) is 17.0 Å². The second kappa shape index (κ2) is 6.00. The summed E-state index contributed by atoms with van der Waals surface area (Å²) in [4.78, 5) is 21.3. The zero-order valence-electron chi connectivity index (χ0n) is 10.0. The van der Waals surface area contributed by atoms with Gasteiger partial charge in [0.15, 0.2) is 0 Å². The van der Waals surface area contributed by atoms with E-state index in [1.54, 1.807) is 11.1 Å². The molecule has 2 rings (SSSR count). The molecule has 0 aliphatic carbocycles. The van der Waals surface area contributed by atoms with Crippen LogP contribution < -0.4 is 4.90 Å². The van der Waals surface area contributed by atoms with Gasteiger partial charge in [-0.3, -0.25) is 4.98 Å². The van der Waals surface area contributed by atoms with Gasteiger partial charge in [0, 0.05) is 6.54 Å². The maximum absolute atomic E-state index is 11.4. The van der Waals surface area contributed by atoms with Gasteiger partial charge in [-0.15, -0.1) is 0 Å². The zero-order chi connectivity index (χ0) is 13.0. The Labute approximate surface area is 111 Å². The van der Waals surface area contributed by atoms with E-state index in [0.29, 0.717) is 23.9 Å². The van der Waals surface area contributed by atoms with Crippen molar-refractivity contribution >= 4 is 23.4 Å². The highest BCUT2D eigenvalue weighted by molar-refractivity contribution is 6.29. The van der Waals surface area contributed by atoms with Gasteiger partial charge in [-0.1, -0.05) is 30.9 Å². The molecule has 1 aromatic heterocycles. The molecular weight excluding hydrogens is 254 g/mol. The maximum atomic E-state index is 11.4. The Morgan fingerprint density at radius 1 is 1.33 bits per heavy atom. The average molecular weight is 270 g/mol. The van der Waals surface area contributed by atoms with Crippen LogP contribution >= 0.6 is 11.6 Å². The predicted molar refractivity (Wildman–Crippen MR) is 68.9 cm³/mol. The van der Waals surface area contributed by atoms with Crippen molar-refractivity contribution in [1.29, 1.82) is 0 Å². The first-order chi connectivity index (χ1) is 8.68. The molecule has 5 nitrogen and oxygen atoms in total. The molecule has 1 unspecified atom stereocenters. The average Bonchev–Trinajstić information content (AvgIpc) is 2.28. The summed E-state index contributed by atoms with van der Waals surface area (Å²) < 4.78 is 0. The van der Waals surface area contributed by atoms with Gasteiger partial charge in [0.05, 0.1) is 12.4 Å². The molecule has 6 heteroatoms. The van der Waals surface area contributed by atoms with E-state index in [2.05, 4.69) is 9.97 Å². The van der Waals surface area contributed by atoms with Crippen molar-refractivity contribution in [2.45, 2.75) is 38.1 Å². The summed E-state index contributed by atoms with van der Waals surface area (Å²) >= 11 is 5.82. The molecule has 0 aromatic carbocycles. The largest absolute Gasteiger partial charge is 0.480 e. The molecule has 98 valence electrons. The van der Waals surface area contributed by atoms with Gasteiger partial charge in [0.25, 0.3) is 0 Å². The molecule has 1 saturated heterocycles. The Balaban J connectivity index is 2.26. The van der Waals surface area contributed by atoms with E-state index >= 15 is 0 Å². The molecular formula is C12H16ClN3O2. The van der Waals surface area contributed by atoms with E-state index in [-0.39, 0.29) is 0 Å². The smallest absolute Gasteiger partial charge is 0.326 e. The lowest BCUT2D eigenvalue weighted by molar-refractivity contribution is -0.138. The lowest BCUT2D eigenvalue weighted by Gasteiger charge is -2.31. The number of hydrogen-bond donors (Lipinski definition) is 1. The maximum Gasteiger partial charge on any atom is 0.326 e. The van der Waals surface area contributed by atoms with Crippen LogP contribution in [0, 0.1) is 0 Å². The lowest BCUT2D eigenvalue weighted by atomic mass is 10.0. The van der Waals surface area contributed by atoms with E-state index < -0.39 is 12.0 Å². The van der Waals surface area contributed by atoms with Crippen LogP contribution in [0.15, 0.2) is 12.4 Å². The SMILES string of the molecule is O=C(O)C1CCCCCCN1c1cncc(Cl)n1. The Bertz CT molecular complexity index is 428. The van der Waals surface area contributed by atoms with Crippen molar-refractivity contribution in [1.82, 2.24) is 9.97 Å². The fourth-order valence-corrected chi connectivity index (χ4v) is 2.43. The van der Waals surface area contributed by atoms with Crippen LogP contribution in [-0.2, 0) is 4.79 Å². The number of halogens is 1. The number of carboxylic acid groups (broad SMARTS) is 1. The van der Waals surface area contributed by atoms with E-state index in [1.165, 1.54) is 6.20 Å². The molecule has 1 N–H and O–H groups in total. The van der Waals surface area contributed by atoms with E-state index in [9.17, 15) is 9.90 Å². The minimum absolute atomic E-state index is 0.290. The van der Waals surface area contributed by atoms with Crippen LogP contribution in [0.1, 0.15) is 32.1 Å². The van der Waals surface area contributed by atoms with Gasteiger partial charge in [-0.25, -0.2) is 9.78 Å². The molecule has 1 aliphatic rings. The Hall–Kier alpha value is -1.36. The molecule has 0 saturated carbocycles. The van der Waals surface area contributed by atoms with Crippen LogP contribution in [0.25, 0.3) is 0 Å². The topological polar surface area (TPSA) is 66.3 Å². The van der Waals surface area contributed by atoms with Gasteiger partial charge in [-0.2, -0.15) is 0 Å². The molecule has 1 atom stereocenters. The number of anilines is 1. The molecule has 0 amide bonds. The number of carboxylic acids is 1. The predicted octanol–water partition coefficient (Wildman–Crippen LogP) is 2.35. The number of aliphatic carboxylic acids is 1. The summed E-state index contributed by atoms with van der Waals surface area (Å²) in [6, 6.07) is -0.530. The molecule has 2 heterocycles. The van der Waals surface area contributed by atoms with Crippen LogP contribution in [0.3, 0.4) is 0 Å².